The van der Waals surface area contributed by atoms with Crippen LogP contribution in [0.3, 0.4) is 0 Å². The van der Waals surface area contributed by atoms with Crippen LogP contribution in [-0.4, -0.2) is 47.7 Å². The van der Waals surface area contributed by atoms with E-state index in [1.165, 1.54) is 12.8 Å². The molecule has 16 heavy (non-hydrogen) atoms. The standard InChI is InChI=1S/C12H22N2O2/c1-3-13-12(11(15)16,9-4-5-9)8-14(2)10-6-7-10/h9-10,13H,3-8H2,1-2H3,(H,15,16). The molecule has 0 aromatic carbocycles. The first kappa shape index (κ1) is 11.9. The van der Waals surface area contributed by atoms with Crippen LogP contribution >= 0.6 is 0 Å². The van der Waals surface area contributed by atoms with Crippen molar-refractivity contribution < 1.29 is 9.90 Å². The Labute approximate surface area is 97.0 Å². The molecule has 2 fully saturated rings. The summed E-state index contributed by atoms with van der Waals surface area (Å²) in [6.07, 6.45) is 4.56. The summed E-state index contributed by atoms with van der Waals surface area (Å²) in [7, 11) is 2.05. The highest BCUT2D eigenvalue weighted by Crippen LogP contribution is 2.41. The van der Waals surface area contributed by atoms with Gasteiger partial charge in [-0.1, -0.05) is 6.92 Å². The summed E-state index contributed by atoms with van der Waals surface area (Å²) in [5.74, 6) is -0.351. The van der Waals surface area contributed by atoms with Crippen LogP contribution in [0.4, 0.5) is 0 Å². The van der Waals surface area contributed by atoms with Crippen molar-refractivity contribution in [1.82, 2.24) is 10.2 Å². The molecule has 0 radical (unpaired) electrons. The number of hydrogen-bond acceptors (Lipinski definition) is 3. The third-order valence-corrected chi connectivity index (χ3v) is 3.82. The van der Waals surface area contributed by atoms with Gasteiger partial charge in [-0.05, 0) is 45.2 Å². The van der Waals surface area contributed by atoms with E-state index in [0.29, 0.717) is 18.5 Å². The second kappa shape index (κ2) is 4.34. The Morgan fingerprint density at radius 2 is 2.06 bits per heavy atom. The van der Waals surface area contributed by atoms with Gasteiger partial charge in [0.15, 0.2) is 0 Å². The molecule has 92 valence electrons. The number of carboxylic acid groups (broad SMARTS) is 1. The highest BCUT2D eigenvalue weighted by atomic mass is 16.4. The third kappa shape index (κ3) is 2.23. The molecule has 4 heteroatoms. The zero-order chi connectivity index (χ0) is 11.8. The topological polar surface area (TPSA) is 52.6 Å². The monoisotopic (exact) mass is 226 g/mol. The van der Waals surface area contributed by atoms with Gasteiger partial charge in [-0.25, -0.2) is 0 Å². The molecule has 0 bridgehead atoms. The molecular weight excluding hydrogens is 204 g/mol. The van der Waals surface area contributed by atoms with Gasteiger partial charge in [-0.15, -0.1) is 0 Å². The Morgan fingerprint density at radius 1 is 1.44 bits per heavy atom. The van der Waals surface area contributed by atoms with E-state index in [-0.39, 0.29) is 0 Å². The molecule has 0 spiro atoms. The highest BCUT2D eigenvalue weighted by Gasteiger charge is 2.52. The van der Waals surface area contributed by atoms with Crippen LogP contribution in [0.15, 0.2) is 0 Å². The zero-order valence-electron chi connectivity index (χ0n) is 10.2. The van der Waals surface area contributed by atoms with E-state index >= 15 is 0 Å². The summed E-state index contributed by atoms with van der Waals surface area (Å²) in [6, 6.07) is 0.621. The lowest BCUT2D eigenvalue weighted by atomic mass is 9.92. The van der Waals surface area contributed by atoms with Gasteiger partial charge in [0, 0.05) is 12.6 Å². The Morgan fingerprint density at radius 3 is 2.44 bits per heavy atom. The van der Waals surface area contributed by atoms with Crippen LogP contribution in [0.1, 0.15) is 32.6 Å². The van der Waals surface area contributed by atoms with Crippen LogP contribution in [-0.2, 0) is 4.79 Å². The summed E-state index contributed by atoms with van der Waals surface area (Å²) in [4.78, 5) is 13.8. The maximum atomic E-state index is 11.6. The molecular formula is C12H22N2O2. The molecule has 1 unspecified atom stereocenters. The van der Waals surface area contributed by atoms with Crippen LogP contribution in [0.2, 0.25) is 0 Å². The predicted octanol–water partition coefficient (Wildman–Crippen LogP) is 0.923. The van der Waals surface area contributed by atoms with Gasteiger partial charge >= 0.3 is 5.97 Å². The van der Waals surface area contributed by atoms with Crippen molar-refractivity contribution >= 4 is 5.97 Å². The minimum Gasteiger partial charge on any atom is -0.480 e. The molecule has 4 nitrogen and oxygen atoms in total. The van der Waals surface area contributed by atoms with Gasteiger partial charge in [-0.2, -0.15) is 0 Å². The summed E-state index contributed by atoms with van der Waals surface area (Å²) in [5.41, 5.74) is -0.702. The summed E-state index contributed by atoms with van der Waals surface area (Å²) < 4.78 is 0. The van der Waals surface area contributed by atoms with Crippen molar-refractivity contribution in [2.24, 2.45) is 5.92 Å². The average Bonchev–Trinajstić information content (AvgIpc) is 3.04. The minimum absolute atomic E-state index is 0.325. The van der Waals surface area contributed by atoms with Gasteiger partial charge in [-0.3, -0.25) is 4.79 Å². The van der Waals surface area contributed by atoms with Gasteiger partial charge in [0.1, 0.15) is 5.54 Å². The number of carbonyl (C=O) groups is 1. The molecule has 1 atom stereocenters. The van der Waals surface area contributed by atoms with Gasteiger partial charge in [0.05, 0.1) is 0 Å². The average molecular weight is 226 g/mol. The molecule has 2 saturated carbocycles. The van der Waals surface area contributed by atoms with Crippen molar-refractivity contribution in [3.05, 3.63) is 0 Å². The lowest BCUT2D eigenvalue weighted by Gasteiger charge is -2.34. The number of hydrogen-bond donors (Lipinski definition) is 2. The first-order valence-electron chi connectivity index (χ1n) is 6.29. The van der Waals surface area contributed by atoms with Crippen LogP contribution < -0.4 is 5.32 Å². The van der Waals surface area contributed by atoms with Gasteiger partial charge in [0.25, 0.3) is 0 Å². The molecule has 2 aliphatic carbocycles. The fourth-order valence-electron chi connectivity index (χ4n) is 2.58. The second-order valence-electron chi connectivity index (χ2n) is 5.23. The van der Waals surface area contributed by atoms with E-state index in [9.17, 15) is 9.90 Å². The van der Waals surface area contributed by atoms with Crippen LogP contribution in [0.5, 0.6) is 0 Å². The Hall–Kier alpha value is -0.610. The molecule has 2 N–H and O–H groups in total. The molecule has 0 aromatic heterocycles. The van der Waals surface area contributed by atoms with Crippen LogP contribution in [0, 0.1) is 5.92 Å². The number of nitrogens with one attached hydrogen (secondary N) is 1. The number of likely N-dealkylation sites (N-methyl/N-ethyl adjacent to an activating group) is 2. The van der Waals surface area contributed by atoms with Gasteiger partial charge in [0.2, 0.25) is 0 Å². The molecule has 0 amide bonds. The first-order valence-corrected chi connectivity index (χ1v) is 6.29. The van der Waals surface area contributed by atoms with E-state index in [1.807, 2.05) is 6.92 Å². The van der Waals surface area contributed by atoms with Crippen molar-refractivity contribution in [3.63, 3.8) is 0 Å². The predicted molar refractivity (Wildman–Crippen MR) is 62.4 cm³/mol. The molecule has 2 aliphatic rings. The Balaban J connectivity index is 2.07. The van der Waals surface area contributed by atoms with Gasteiger partial charge < -0.3 is 15.3 Å². The van der Waals surface area contributed by atoms with E-state index in [0.717, 1.165) is 19.4 Å². The first-order chi connectivity index (χ1) is 7.60. The van der Waals surface area contributed by atoms with Crippen molar-refractivity contribution in [3.8, 4) is 0 Å². The smallest absolute Gasteiger partial charge is 0.325 e. The molecule has 2 rings (SSSR count). The van der Waals surface area contributed by atoms with E-state index < -0.39 is 11.5 Å². The Bertz CT molecular complexity index is 274. The number of carboxylic acids is 1. The number of rotatable bonds is 7. The zero-order valence-corrected chi connectivity index (χ0v) is 10.2. The normalized spacial score (nSPS) is 24.4. The van der Waals surface area contributed by atoms with E-state index in [4.69, 9.17) is 0 Å². The maximum absolute atomic E-state index is 11.6. The lowest BCUT2D eigenvalue weighted by Crippen LogP contribution is -2.60. The largest absolute Gasteiger partial charge is 0.480 e. The quantitative estimate of drug-likeness (QED) is 0.678. The maximum Gasteiger partial charge on any atom is 0.325 e. The minimum atomic E-state index is -0.702. The van der Waals surface area contributed by atoms with Crippen molar-refractivity contribution in [1.29, 1.82) is 0 Å². The highest BCUT2D eigenvalue weighted by molar-refractivity contribution is 5.80. The third-order valence-electron chi connectivity index (χ3n) is 3.82. The summed E-state index contributed by atoms with van der Waals surface area (Å²) in [5, 5.41) is 12.8. The van der Waals surface area contributed by atoms with Crippen LogP contribution in [0.25, 0.3) is 0 Å². The molecule has 0 aliphatic heterocycles. The second-order valence-corrected chi connectivity index (χ2v) is 5.23. The molecule has 0 heterocycles. The summed E-state index contributed by atoms with van der Waals surface area (Å²) in [6.45, 7) is 3.35. The van der Waals surface area contributed by atoms with Crippen molar-refractivity contribution in [2.75, 3.05) is 20.1 Å². The summed E-state index contributed by atoms with van der Waals surface area (Å²) >= 11 is 0. The van der Waals surface area contributed by atoms with E-state index in [2.05, 4.69) is 17.3 Å². The lowest BCUT2D eigenvalue weighted by molar-refractivity contribution is -0.147. The fourth-order valence-corrected chi connectivity index (χ4v) is 2.58. The SMILES string of the molecule is CCNC(CN(C)C1CC1)(C(=O)O)C1CC1. The fraction of sp³-hybridized carbons (Fsp3) is 0.917. The van der Waals surface area contributed by atoms with Crippen molar-refractivity contribution in [2.45, 2.75) is 44.2 Å². The molecule has 0 aromatic rings. The Kier molecular flexibility index (Phi) is 3.22. The molecule has 0 saturated heterocycles. The number of aliphatic carboxylic acids is 1. The van der Waals surface area contributed by atoms with E-state index in [1.54, 1.807) is 0 Å². The number of nitrogens with zero attached hydrogens (tertiary/aromatic N) is 1.